The Balaban J connectivity index is 1.45. The van der Waals surface area contributed by atoms with Crippen molar-refractivity contribution in [3.05, 3.63) is 53.3 Å². The molecular formula is C23H29F2N5O2. The monoisotopic (exact) mass is 445 g/mol. The number of benzene rings is 1. The Morgan fingerprint density at radius 3 is 2.59 bits per heavy atom. The first kappa shape index (κ1) is 22.4. The van der Waals surface area contributed by atoms with E-state index in [9.17, 15) is 18.7 Å². The van der Waals surface area contributed by atoms with E-state index < -0.39 is 17.5 Å². The molecule has 2 aromatic rings. The Morgan fingerprint density at radius 1 is 1.25 bits per heavy atom. The molecule has 0 radical (unpaired) electrons. The summed E-state index contributed by atoms with van der Waals surface area (Å²) in [4.78, 5) is 23.7. The van der Waals surface area contributed by atoms with Gasteiger partial charge in [0.25, 0.3) is 0 Å². The van der Waals surface area contributed by atoms with Crippen molar-refractivity contribution in [3.8, 4) is 0 Å². The maximum Gasteiger partial charge on any atom is 0.319 e. The lowest BCUT2D eigenvalue weighted by Gasteiger charge is -2.33. The number of nitrogens with one attached hydrogen (secondary N) is 2. The summed E-state index contributed by atoms with van der Waals surface area (Å²) >= 11 is 0. The van der Waals surface area contributed by atoms with E-state index >= 15 is 0 Å². The number of aromatic nitrogens is 2. The number of anilines is 1. The van der Waals surface area contributed by atoms with Gasteiger partial charge in [0.15, 0.2) is 0 Å². The number of alkyl halides is 2. The number of carbonyl (C=O) groups excluding carboxylic acids is 1. The fourth-order valence-corrected chi connectivity index (χ4v) is 4.45. The van der Waals surface area contributed by atoms with Crippen LogP contribution in [0.4, 0.5) is 19.5 Å². The van der Waals surface area contributed by atoms with Crippen LogP contribution in [0.15, 0.2) is 36.5 Å². The minimum Gasteiger partial charge on any atom is -0.394 e. The number of rotatable bonds is 5. The highest BCUT2D eigenvalue weighted by atomic mass is 19.3. The zero-order valence-corrected chi connectivity index (χ0v) is 18.3. The Morgan fingerprint density at radius 2 is 1.94 bits per heavy atom. The van der Waals surface area contributed by atoms with Crippen LogP contribution in [0.5, 0.6) is 0 Å². The Kier molecular flexibility index (Phi) is 6.03. The molecule has 0 spiro atoms. The summed E-state index contributed by atoms with van der Waals surface area (Å²) in [6.45, 7) is 3.93. The number of fused-ring (bicyclic) bond motifs is 1. The molecule has 2 heterocycles. The molecule has 1 aromatic carbocycles. The Labute approximate surface area is 186 Å². The average Bonchev–Trinajstić information content (AvgIpc) is 3.04. The lowest BCUT2D eigenvalue weighted by molar-refractivity contribution is -0.0361. The van der Waals surface area contributed by atoms with Gasteiger partial charge in [-0.05, 0) is 32.3 Å². The second-order valence-electron chi connectivity index (χ2n) is 9.07. The molecule has 9 heteroatoms. The van der Waals surface area contributed by atoms with Gasteiger partial charge in [0.1, 0.15) is 0 Å². The fraction of sp³-hybridized carbons (Fsp3) is 0.522. The van der Waals surface area contributed by atoms with Crippen LogP contribution in [-0.4, -0.2) is 44.6 Å². The van der Waals surface area contributed by atoms with Gasteiger partial charge in [-0.1, -0.05) is 30.3 Å². The van der Waals surface area contributed by atoms with E-state index in [0.717, 1.165) is 16.8 Å². The molecule has 0 bridgehead atoms. The first-order valence-electron chi connectivity index (χ1n) is 10.9. The predicted octanol–water partition coefficient (Wildman–Crippen LogP) is 3.96. The molecule has 1 atom stereocenters. The van der Waals surface area contributed by atoms with Crippen molar-refractivity contribution in [3.63, 3.8) is 0 Å². The topological polar surface area (TPSA) is 90.4 Å². The van der Waals surface area contributed by atoms with Crippen molar-refractivity contribution in [1.29, 1.82) is 0 Å². The second-order valence-corrected chi connectivity index (χ2v) is 9.07. The van der Waals surface area contributed by atoms with Crippen molar-refractivity contribution in [2.45, 2.75) is 69.6 Å². The largest absolute Gasteiger partial charge is 0.394 e. The van der Waals surface area contributed by atoms with Crippen LogP contribution in [-0.2, 0) is 12.1 Å². The molecular weight excluding hydrogens is 416 g/mol. The third-order valence-electron chi connectivity index (χ3n) is 6.49. The van der Waals surface area contributed by atoms with E-state index in [1.807, 2.05) is 44.2 Å². The molecule has 0 saturated heterocycles. The molecule has 2 amide bonds. The highest BCUT2D eigenvalue weighted by molar-refractivity contribution is 5.77. The van der Waals surface area contributed by atoms with Gasteiger partial charge in [-0.2, -0.15) is 0 Å². The fourth-order valence-electron chi connectivity index (χ4n) is 4.45. The Hall–Kier alpha value is -2.81. The molecule has 1 saturated carbocycles. The quantitative estimate of drug-likeness (QED) is 0.648. The van der Waals surface area contributed by atoms with Gasteiger partial charge >= 0.3 is 6.03 Å². The molecule has 7 nitrogen and oxygen atoms in total. The molecule has 2 aliphatic rings. The minimum absolute atomic E-state index is 0.0855. The summed E-state index contributed by atoms with van der Waals surface area (Å²) in [5, 5.41) is 15.9. The summed E-state index contributed by atoms with van der Waals surface area (Å²) in [7, 11) is 0. The third kappa shape index (κ3) is 4.53. The molecule has 32 heavy (non-hydrogen) atoms. The van der Waals surface area contributed by atoms with Gasteiger partial charge in [-0.3, -0.25) is 0 Å². The maximum absolute atomic E-state index is 13.4. The molecule has 1 fully saturated rings. The zero-order chi connectivity index (χ0) is 22.9. The van der Waals surface area contributed by atoms with Crippen molar-refractivity contribution in [2.24, 2.45) is 0 Å². The van der Waals surface area contributed by atoms with Crippen molar-refractivity contribution in [1.82, 2.24) is 20.2 Å². The smallest absolute Gasteiger partial charge is 0.319 e. The number of nitrogens with zero attached hydrogens (tertiary/aromatic N) is 3. The maximum atomic E-state index is 13.4. The molecule has 0 unspecified atom stereocenters. The SMILES string of the molecule is CC1(C)c2cnc(NC3CCC(F)(F)CC3)nc2CN1C(=O)N[C@H](CO)c1ccccc1. The predicted molar refractivity (Wildman–Crippen MR) is 116 cm³/mol. The van der Waals surface area contributed by atoms with Crippen LogP contribution >= 0.6 is 0 Å². The third-order valence-corrected chi connectivity index (χ3v) is 6.49. The summed E-state index contributed by atoms with van der Waals surface area (Å²) in [6.07, 6.45) is 2.18. The van der Waals surface area contributed by atoms with Crippen molar-refractivity contribution >= 4 is 12.0 Å². The summed E-state index contributed by atoms with van der Waals surface area (Å²) in [6, 6.07) is 8.40. The van der Waals surface area contributed by atoms with Crippen LogP contribution in [0.3, 0.4) is 0 Å². The first-order chi connectivity index (χ1) is 15.2. The van der Waals surface area contributed by atoms with E-state index in [4.69, 9.17) is 0 Å². The van der Waals surface area contributed by atoms with Gasteiger partial charge in [0.2, 0.25) is 11.9 Å². The number of hydrogen-bond acceptors (Lipinski definition) is 5. The Bertz CT molecular complexity index is 960. The van der Waals surface area contributed by atoms with Gasteiger partial charge in [-0.15, -0.1) is 0 Å². The van der Waals surface area contributed by atoms with Crippen LogP contribution in [0.1, 0.15) is 62.4 Å². The van der Waals surface area contributed by atoms with Crippen LogP contribution in [0.25, 0.3) is 0 Å². The molecule has 3 N–H and O–H groups in total. The van der Waals surface area contributed by atoms with Gasteiger partial charge in [0.05, 0.1) is 30.4 Å². The number of aliphatic hydroxyl groups is 1. The zero-order valence-electron chi connectivity index (χ0n) is 18.3. The molecule has 172 valence electrons. The summed E-state index contributed by atoms with van der Waals surface area (Å²) < 4.78 is 26.8. The van der Waals surface area contributed by atoms with Crippen molar-refractivity contribution < 1.29 is 18.7 Å². The van der Waals surface area contributed by atoms with Crippen LogP contribution in [0.2, 0.25) is 0 Å². The highest BCUT2D eigenvalue weighted by Crippen LogP contribution is 2.38. The van der Waals surface area contributed by atoms with Gasteiger partial charge < -0.3 is 20.6 Å². The van der Waals surface area contributed by atoms with E-state index in [-0.39, 0.29) is 31.5 Å². The van der Waals surface area contributed by atoms with Crippen LogP contribution < -0.4 is 10.6 Å². The standard InChI is InChI=1S/C23H29F2N5O2/c1-22(2)17-12-26-20(27-16-8-10-23(24,25)11-9-16)28-18(17)13-30(22)21(32)29-19(14-31)15-6-4-3-5-7-15/h3-7,12,16,19,31H,8-11,13-14H2,1-2H3,(H,29,32)(H,26,27,28)/t19-/m1/s1. The van der Waals surface area contributed by atoms with E-state index in [1.54, 1.807) is 11.1 Å². The second kappa shape index (κ2) is 8.61. The van der Waals surface area contributed by atoms with E-state index in [0.29, 0.717) is 25.3 Å². The normalized spacial score (nSPS) is 20.5. The van der Waals surface area contributed by atoms with Crippen molar-refractivity contribution in [2.75, 3.05) is 11.9 Å². The number of urea groups is 1. The molecule has 1 aromatic heterocycles. The lowest BCUT2D eigenvalue weighted by Crippen LogP contribution is -2.47. The van der Waals surface area contributed by atoms with Gasteiger partial charge in [-0.25, -0.2) is 23.5 Å². The molecule has 1 aliphatic heterocycles. The number of hydrogen-bond donors (Lipinski definition) is 3. The average molecular weight is 446 g/mol. The molecule has 4 rings (SSSR count). The first-order valence-corrected chi connectivity index (χ1v) is 10.9. The minimum atomic E-state index is -2.58. The molecule has 1 aliphatic carbocycles. The van der Waals surface area contributed by atoms with Crippen LogP contribution in [0, 0.1) is 0 Å². The number of aliphatic hydroxyl groups excluding tert-OH is 1. The highest BCUT2D eigenvalue weighted by Gasteiger charge is 2.42. The van der Waals surface area contributed by atoms with E-state index in [1.165, 1.54) is 0 Å². The van der Waals surface area contributed by atoms with Gasteiger partial charge in [0, 0.05) is 30.6 Å². The van der Waals surface area contributed by atoms with E-state index in [2.05, 4.69) is 20.6 Å². The summed E-state index contributed by atoms with van der Waals surface area (Å²) in [5.74, 6) is -2.18. The lowest BCUT2D eigenvalue weighted by atomic mass is 9.92. The number of halogens is 2. The number of amides is 2. The number of carbonyl (C=O) groups is 1. The summed E-state index contributed by atoms with van der Waals surface area (Å²) in [5.41, 5.74) is 1.75.